The summed E-state index contributed by atoms with van der Waals surface area (Å²) in [4.78, 5) is 7.05. The highest BCUT2D eigenvalue weighted by Gasteiger charge is 2.18. The summed E-state index contributed by atoms with van der Waals surface area (Å²) in [7, 11) is 0. The molecule has 3 rings (SSSR count). The maximum Gasteiger partial charge on any atom is 0.226 e. The number of hydrogen-bond acceptors (Lipinski definition) is 3. The fourth-order valence-corrected chi connectivity index (χ4v) is 3.04. The Labute approximate surface area is 128 Å². The van der Waals surface area contributed by atoms with Crippen molar-refractivity contribution < 1.29 is 4.42 Å². The lowest BCUT2D eigenvalue weighted by atomic mass is 10.1. The average molecular weight is 335 g/mol. The zero-order chi connectivity index (χ0) is 14.1. The van der Waals surface area contributed by atoms with Crippen LogP contribution in [-0.2, 0) is 6.54 Å². The number of aryl methyl sites for hydroxylation is 1. The molecule has 3 nitrogen and oxygen atoms in total. The van der Waals surface area contributed by atoms with Gasteiger partial charge in [-0.1, -0.05) is 22.0 Å². The van der Waals surface area contributed by atoms with E-state index in [1.54, 1.807) is 0 Å². The van der Waals surface area contributed by atoms with Gasteiger partial charge >= 0.3 is 0 Å². The molecule has 2 aromatic rings. The van der Waals surface area contributed by atoms with Crippen LogP contribution in [0.2, 0.25) is 0 Å². The fraction of sp³-hybridized carbons (Fsp3) is 0.438. The Morgan fingerprint density at radius 2 is 2.00 bits per heavy atom. The van der Waals surface area contributed by atoms with Crippen molar-refractivity contribution in [3.8, 4) is 11.5 Å². The van der Waals surface area contributed by atoms with Crippen molar-refractivity contribution >= 4 is 15.9 Å². The van der Waals surface area contributed by atoms with Crippen LogP contribution in [0.25, 0.3) is 11.5 Å². The first-order valence-electron chi connectivity index (χ1n) is 7.09. The number of halogens is 1. The molecule has 0 unspecified atom stereocenters. The minimum atomic E-state index is 0.732. The minimum absolute atomic E-state index is 0.732. The lowest BCUT2D eigenvalue weighted by Gasteiger charge is -2.12. The topological polar surface area (TPSA) is 29.3 Å². The molecule has 0 saturated carbocycles. The maximum atomic E-state index is 6.02. The number of aromatic nitrogens is 1. The van der Waals surface area contributed by atoms with E-state index < -0.39 is 0 Å². The highest BCUT2D eigenvalue weighted by molar-refractivity contribution is 9.10. The van der Waals surface area contributed by atoms with Crippen LogP contribution in [0.4, 0.5) is 0 Å². The van der Waals surface area contributed by atoms with Gasteiger partial charge in [-0.15, -0.1) is 0 Å². The smallest absolute Gasteiger partial charge is 0.226 e. The molecule has 1 aromatic carbocycles. The molecule has 4 heteroatoms. The van der Waals surface area contributed by atoms with Crippen LogP contribution in [-0.4, -0.2) is 23.0 Å². The van der Waals surface area contributed by atoms with Gasteiger partial charge in [0.25, 0.3) is 0 Å². The van der Waals surface area contributed by atoms with Gasteiger partial charge in [0, 0.05) is 10.0 Å². The van der Waals surface area contributed by atoms with E-state index >= 15 is 0 Å². The Bertz CT molecular complexity index is 615. The van der Waals surface area contributed by atoms with E-state index in [0.29, 0.717) is 0 Å². The van der Waals surface area contributed by atoms with Crippen LogP contribution in [0, 0.1) is 13.8 Å². The highest BCUT2D eigenvalue weighted by atomic mass is 79.9. The molecule has 0 amide bonds. The summed E-state index contributed by atoms with van der Waals surface area (Å²) in [5.74, 6) is 1.73. The van der Waals surface area contributed by atoms with Gasteiger partial charge in [-0.3, -0.25) is 4.90 Å². The van der Waals surface area contributed by atoms with E-state index in [1.165, 1.54) is 31.5 Å². The summed E-state index contributed by atoms with van der Waals surface area (Å²) >= 11 is 3.56. The molecule has 0 aliphatic carbocycles. The Hall–Kier alpha value is -1.13. The number of rotatable bonds is 3. The fourth-order valence-electron chi connectivity index (χ4n) is 2.67. The predicted molar refractivity (Wildman–Crippen MR) is 83.6 cm³/mol. The van der Waals surface area contributed by atoms with Crippen molar-refractivity contribution in [3.63, 3.8) is 0 Å². The van der Waals surface area contributed by atoms with Gasteiger partial charge in [-0.05, 0) is 57.5 Å². The second-order valence-electron chi connectivity index (χ2n) is 5.42. The maximum absolute atomic E-state index is 6.02. The lowest BCUT2D eigenvalue weighted by molar-refractivity contribution is 0.298. The standard InChI is InChI=1S/C16H19BrN2O/c1-11-13(6-5-7-14(11)17)16-18-12(2)15(20-16)10-19-8-3-4-9-19/h5-7H,3-4,8-10H2,1-2H3. The Balaban J connectivity index is 1.89. The first-order chi connectivity index (χ1) is 9.65. The quantitative estimate of drug-likeness (QED) is 0.837. The second-order valence-corrected chi connectivity index (χ2v) is 6.28. The summed E-state index contributed by atoms with van der Waals surface area (Å²) in [6.45, 7) is 7.34. The van der Waals surface area contributed by atoms with E-state index in [4.69, 9.17) is 4.42 Å². The molecule has 1 fully saturated rings. The van der Waals surface area contributed by atoms with Crippen molar-refractivity contribution in [2.45, 2.75) is 33.2 Å². The highest BCUT2D eigenvalue weighted by Crippen LogP contribution is 2.30. The van der Waals surface area contributed by atoms with Gasteiger partial charge in [0.2, 0.25) is 5.89 Å². The van der Waals surface area contributed by atoms with E-state index in [-0.39, 0.29) is 0 Å². The Morgan fingerprint density at radius 1 is 1.25 bits per heavy atom. The van der Waals surface area contributed by atoms with Gasteiger partial charge in [-0.25, -0.2) is 4.98 Å². The number of oxazole rings is 1. The predicted octanol–water partition coefficient (Wildman–Crippen LogP) is 4.32. The molecular formula is C16H19BrN2O. The van der Waals surface area contributed by atoms with Crippen LogP contribution in [0.15, 0.2) is 27.1 Å². The molecule has 1 aliphatic heterocycles. The molecule has 0 N–H and O–H groups in total. The third-order valence-corrected chi connectivity index (χ3v) is 4.82. The van der Waals surface area contributed by atoms with Crippen molar-refractivity contribution in [2.24, 2.45) is 0 Å². The summed E-state index contributed by atoms with van der Waals surface area (Å²) in [6, 6.07) is 6.12. The minimum Gasteiger partial charge on any atom is -0.440 e. The van der Waals surface area contributed by atoms with Crippen LogP contribution < -0.4 is 0 Å². The normalized spacial score (nSPS) is 15.9. The lowest BCUT2D eigenvalue weighted by Crippen LogP contribution is -2.18. The summed E-state index contributed by atoms with van der Waals surface area (Å²) in [6.07, 6.45) is 2.59. The molecule has 0 bridgehead atoms. The number of likely N-dealkylation sites (tertiary alicyclic amines) is 1. The van der Waals surface area contributed by atoms with Gasteiger partial charge in [0.05, 0.1) is 12.2 Å². The molecule has 0 spiro atoms. The third kappa shape index (κ3) is 2.67. The third-order valence-electron chi connectivity index (χ3n) is 3.96. The molecule has 0 atom stereocenters. The largest absolute Gasteiger partial charge is 0.440 e. The molecular weight excluding hydrogens is 316 g/mol. The van der Waals surface area contributed by atoms with Crippen molar-refractivity contribution in [1.29, 1.82) is 0 Å². The zero-order valence-corrected chi connectivity index (χ0v) is 13.5. The van der Waals surface area contributed by atoms with Gasteiger partial charge in [0.1, 0.15) is 5.76 Å². The molecule has 20 heavy (non-hydrogen) atoms. The number of hydrogen-bond donors (Lipinski definition) is 0. The molecule has 1 saturated heterocycles. The number of benzene rings is 1. The van der Waals surface area contributed by atoms with Gasteiger partial charge in [0.15, 0.2) is 0 Å². The van der Waals surface area contributed by atoms with E-state index in [1.807, 2.05) is 19.1 Å². The van der Waals surface area contributed by atoms with E-state index in [0.717, 1.165) is 33.9 Å². The summed E-state index contributed by atoms with van der Waals surface area (Å²) < 4.78 is 7.11. The van der Waals surface area contributed by atoms with Crippen LogP contribution in [0.5, 0.6) is 0 Å². The number of nitrogens with zero attached hydrogens (tertiary/aromatic N) is 2. The summed E-state index contributed by atoms with van der Waals surface area (Å²) in [5.41, 5.74) is 3.24. The van der Waals surface area contributed by atoms with E-state index in [2.05, 4.69) is 38.8 Å². The zero-order valence-electron chi connectivity index (χ0n) is 11.9. The van der Waals surface area contributed by atoms with Crippen molar-refractivity contribution in [2.75, 3.05) is 13.1 Å². The molecule has 106 valence electrons. The van der Waals surface area contributed by atoms with Crippen LogP contribution in [0.1, 0.15) is 29.9 Å². The average Bonchev–Trinajstić information content (AvgIpc) is 3.04. The van der Waals surface area contributed by atoms with E-state index in [9.17, 15) is 0 Å². The SMILES string of the molecule is Cc1nc(-c2cccc(Br)c2C)oc1CN1CCCC1. The molecule has 1 aromatic heterocycles. The molecule has 2 heterocycles. The van der Waals surface area contributed by atoms with Crippen LogP contribution in [0.3, 0.4) is 0 Å². The van der Waals surface area contributed by atoms with Gasteiger partial charge < -0.3 is 4.42 Å². The second kappa shape index (κ2) is 5.70. The first-order valence-corrected chi connectivity index (χ1v) is 7.88. The van der Waals surface area contributed by atoms with Crippen molar-refractivity contribution in [3.05, 3.63) is 39.7 Å². The van der Waals surface area contributed by atoms with Crippen LogP contribution >= 0.6 is 15.9 Å². The first kappa shape index (κ1) is 13.8. The summed E-state index contributed by atoms with van der Waals surface area (Å²) in [5, 5.41) is 0. The van der Waals surface area contributed by atoms with Crippen molar-refractivity contribution in [1.82, 2.24) is 9.88 Å². The Morgan fingerprint density at radius 3 is 2.75 bits per heavy atom. The monoisotopic (exact) mass is 334 g/mol. The molecule has 0 radical (unpaired) electrons. The molecule has 1 aliphatic rings. The Kier molecular flexibility index (Phi) is 3.94. The van der Waals surface area contributed by atoms with Gasteiger partial charge in [-0.2, -0.15) is 0 Å².